The fraction of sp³-hybridized carbons (Fsp3) is 0.259. The fourth-order valence-electron chi connectivity index (χ4n) is 3.94. The van der Waals surface area contributed by atoms with Crippen LogP contribution in [0.15, 0.2) is 67.2 Å². The highest BCUT2D eigenvalue weighted by Crippen LogP contribution is 2.41. The molecule has 5 rings (SSSR count). The van der Waals surface area contributed by atoms with Gasteiger partial charge in [-0.1, -0.05) is 29.8 Å². The third-order valence-electron chi connectivity index (χ3n) is 6.06. The maximum atomic E-state index is 14.3. The average Bonchev–Trinajstić information content (AvgIpc) is 3.55. The van der Waals surface area contributed by atoms with Crippen molar-refractivity contribution >= 4 is 25.5 Å². The Morgan fingerprint density at radius 1 is 1.10 bits per heavy atom. The van der Waals surface area contributed by atoms with Gasteiger partial charge < -0.3 is 37.7 Å². The molecule has 2 aromatic carbocycles. The van der Waals surface area contributed by atoms with Crippen LogP contribution in [0.25, 0.3) is 22.5 Å². The van der Waals surface area contributed by atoms with Gasteiger partial charge in [-0.05, 0) is 30.7 Å². The Kier molecular flexibility index (Phi) is 9.08. The number of aromatic amines is 1. The van der Waals surface area contributed by atoms with Crippen LogP contribution < -0.4 is 21.9 Å². The van der Waals surface area contributed by atoms with E-state index in [2.05, 4.69) is 15.0 Å². The van der Waals surface area contributed by atoms with E-state index in [-0.39, 0.29) is 60.5 Å². The SMILES string of the molecule is COc1ccc(-c2oc(=O)oc2COP(COCCn2cnc3c(=O)[nH]c(N)nc32)OCc2ccc(C)cc2)cc1F. The van der Waals surface area contributed by atoms with Crippen LogP contribution in [0.2, 0.25) is 0 Å². The predicted molar refractivity (Wildman–Crippen MR) is 150 cm³/mol. The Morgan fingerprint density at radius 3 is 2.64 bits per heavy atom. The molecule has 0 radical (unpaired) electrons. The summed E-state index contributed by atoms with van der Waals surface area (Å²) in [5.41, 5.74) is 8.06. The molecule has 0 amide bonds. The minimum absolute atomic E-state index is 0.0146. The van der Waals surface area contributed by atoms with Crippen LogP contribution in [0.3, 0.4) is 0 Å². The summed E-state index contributed by atoms with van der Waals surface area (Å²) >= 11 is 0. The molecule has 0 aliphatic heterocycles. The maximum absolute atomic E-state index is 14.3. The van der Waals surface area contributed by atoms with Crippen molar-refractivity contribution < 1.29 is 31.7 Å². The van der Waals surface area contributed by atoms with Crippen LogP contribution in [0.1, 0.15) is 16.9 Å². The van der Waals surface area contributed by atoms with Gasteiger partial charge in [-0.3, -0.25) is 9.78 Å². The summed E-state index contributed by atoms with van der Waals surface area (Å²) in [5.74, 6) is -1.46. The highest BCUT2D eigenvalue weighted by atomic mass is 31.2. The lowest BCUT2D eigenvalue weighted by molar-refractivity contribution is 0.136. The normalized spacial score (nSPS) is 12.2. The van der Waals surface area contributed by atoms with Gasteiger partial charge in [0.25, 0.3) is 5.56 Å². The van der Waals surface area contributed by atoms with E-state index in [9.17, 15) is 14.0 Å². The number of benzene rings is 2. The Hall–Kier alpha value is -4.36. The molecule has 0 bridgehead atoms. The largest absolute Gasteiger partial charge is 0.519 e. The molecule has 3 aromatic heterocycles. The Bertz CT molecular complexity index is 1780. The first-order valence-electron chi connectivity index (χ1n) is 12.6. The van der Waals surface area contributed by atoms with Gasteiger partial charge in [0.1, 0.15) is 13.0 Å². The molecule has 0 saturated carbocycles. The molecule has 0 saturated heterocycles. The van der Waals surface area contributed by atoms with Gasteiger partial charge in [-0.25, -0.2) is 14.2 Å². The fourth-order valence-corrected chi connectivity index (χ4v) is 5.00. The van der Waals surface area contributed by atoms with Crippen LogP contribution in [-0.4, -0.2) is 39.6 Å². The summed E-state index contributed by atoms with van der Waals surface area (Å²) in [5, 5.41) is 0. The molecule has 15 heteroatoms. The van der Waals surface area contributed by atoms with Gasteiger partial charge >= 0.3 is 5.82 Å². The van der Waals surface area contributed by atoms with Crippen LogP contribution in [0.4, 0.5) is 10.3 Å². The molecule has 42 heavy (non-hydrogen) atoms. The molecular weight excluding hydrogens is 572 g/mol. The number of aryl methyl sites for hydroxylation is 1. The van der Waals surface area contributed by atoms with Crippen LogP contribution in [0, 0.1) is 12.7 Å². The zero-order valence-corrected chi connectivity index (χ0v) is 23.6. The Balaban J connectivity index is 1.26. The number of hydrogen-bond acceptors (Lipinski definition) is 11. The highest BCUT2D eigenvalue weighted by Gasteiger charge is 2.21. The van der Waals surface area contributed by atoms with Gasteiger partial charge in [0.15, 0.2) is 42.6 Å². The van der Waals surface area contributed by atoms with E-state index in [1.165, 1.54) is 31.6 Å². The maximum Gasteiger partial charge on any atom is 0.519 e. The average molecular weight is 600 g/mol. The van der Waals surface area contributed by atoms with Crippen molar-refractivity contribution in [2.75, 3.05) is 25.8 Å². The topological polar surface area (TPSA) is 170 Å². The molecule has 13 nitrogen and oxygen atoms in total. The Morgan fingerprint density at radius 2 is 1.88 bits per heavy atom. The molecule has 0 aliphatic rings. The van der Waals surface area contributed by atoms with E-state index in [4.69, 9.17) is 33.1 Å². The highest BCUT2D eigenvalue weighted by molar-refractivity contribution is 7.46. The molecule has 0 fully saturated rings. The van der Waals surface area contributed by atoms with Crippen LogP contribution >= 0.6 is 8.38 Å². The van der Waals surface area contributed by atoms with E-state index < -0.39 is 25.6 Å². The number of nitrogens with one attached hydrogen (secondary N) is 1. The summed E-state index contributed by atoms with van der Waals surface area (Å²) in [6.07, 6.45) is 1.55. The number of nitrogens with zero attached hydrogens (tertiary/aromatic N) is 3. The summed E-state index contributed by atoms with van der Waals surface area (Å²) in [6, 6.07) is 12.0. The number of halogens is 1. The Labute approximate surface area is 238 Å². The monoisotopic (exact) mass is 599 g/mol. The van der Waals surface area contributed by atoms with Crippen molar-refractivity contribution in [2.24, 2.45) is 0 Å². The number of methoxy groups -OCH3 is 1. The van der Waals surface area contributed by atoms with Gasteiger partial charge in [-0.15, -0.1) is 0 Å². The molecule has 1 unspecified atom stereocenters. The van der Waals surface area contributed by atoms with Crippen LogP contribution in [0.5, 0.6) is 5.75 Å². The third-order valence-corrected chi connectivity index (χ3v) is 7.29. The minimum atomic E-state index is -1.65. The number of H-pyrrole nitrogens is 1. The van der Waals surface area contributed by atoms with Crippen molar-refractivity contribution in [3.8, 4) is 17.1 Å². The van der Waals surface area contributed by atoms with E-state index in [1.54, 1.807) is 4.57 Å². The number of nitrogen functional groups attached to an aromatic ring is 1. The quantitative estimate of drug-likeness (QED) is 0.148. The number of ether oxygens (including phenoxy) is 2. The second-order valence-corrected chi connectivity index (χ2v) is 10.5. The molecule has 0 spiro atoms. The second-order valence-electron chi connectivity index (χ2n) is 9.02. The lowest BCUT2D eigenvalue weighted by Gasteiger charge is -2.17. The summed E-state index contributed by atoms with van der Waals surface area (Å²) < 4.78 is 49.1. The molecule has 220 valence electrons. The molecule has 0 aliphatic carbocycles. The number of imidazole rings is 1. The van der Waals surface area contributed by atoms with Crippen molar-refractivity contribution in [2.45, 2.75) is 26.7 Å². The van der Waals surface area contributed by atoms with E-state index in [1.807, 2.05) is 31.2 Å². The number of fused-ring (bicyclic) bond motifs is 1. The van der Waals surface area contributed by atoms with E-state index in [0.29, 0.717) is 12.2 Å². The summed E-state index contributed by atoms with van der Waals surface area (Å²) in [6.45, 7) is 2.59. The molecule has 3 heterocycles. The van der Waals surface area contributed by atoms with Gasteiger partial charge in [-0.2, -0.15) is 4.98 Å². The standard InChI is InChI=1S/C27H27FN5O8P/c1-16-3-5-17(6-4-16)12-38-42(15-37-10-9-33-14-30-22-24(33)31-26(29)32-25(22)34)39-13-21-23(41-27(35)40-21)18-7-8-20(36-2)19(28)11-18/h3-8,11,14H,9-10,12-13,15H2,1-2H3,(H3,29,31,32,34). The number of hydrogen-bond donors (Lipinski definition) is 2. The predicted octanol–water partition coefficient (Wildman–Crippen LogP) is 4.09. The zero-order valence-electron chi connectivity index (χ0n) is 22.7. The summed E-state index contributed by atoms with van der Waals surface area (Å²) in [7, 11) is -0.302. The van der Waals surface area contributed by atoms with Crippen molar-refractivity contribution in [3.63, 3.8) is 0 Å². The number of rotatable bonds is 13. The molecule has 3 N–H and O–H groups in total. The number of aromatic nitrogens is 4. The van der Waals surface area contributed by atoms with Crippen LogP contribution in [-0.2, 0) is 33.5 Å². The molecular formula is C27H27FN5O8P. The smallest absolute Gasteiger partial charge is 0.494 e. The van der Waals surface area contributed by atoms with Gasteiger partial charge in [0, 0.05) is 12.1 Å². The minimum Gasteiger partial charge on any atom is -0.494 e. The van der Waals surface area contributed by atoms with E-state index in [0.717, 1.165) is 11.1 Å². The van der Waals surface area contributed by atoms with Crippen molar-refractivity contribution in [1.82, 2.24) is 19.5 Å². The first-order chi connectivity index (χ1) is 20.3. The first-order valence-corrected chi connectivity index (χ1v) is 14.0. The first kappa shape index (κ1) is 29.1. The van der Waals surface area contributed by atoms with Gasteiger partial charge in [0.2, 0.25) is 5.95 Å². The number of anilines is 1. The molecule has 1 atom stereocenters. The third kappa shape index (κ3) is 6.92. The van der Waals surface area contributed by atoms with Crippen molar-refractivity contribution in [1.29, 1.82) is 0 Å². The van der Waals surface area contributed by atoms with Gasteiger partial charge in [0.05, 0.1) is 26.7 Å². The summed E-state index contributed by atoms with van der Waals surface area (Å²) in [4.78, 5) is 34.6. The number of nitrogens with two attached hydrogens (primary N) is 1. The second kappa shape index (κ2) is 13.1. The lowest BCUT2D eigenvalue weighted by Crippen LogP contribution is -2.13. The lowest BCUT2D eigenvalue weighted by atomic mass is 10.1. The van der Waals surface area contributed by atoms with Crippen molar-refractivity contribution in [3.05, 3.63) is 92.5 Å². The zero-order chi connectivity index (χ0) is 29.6. The molecule has 5 aromatic rings. The van der Waals surface area contributed by atoms with E-state index >= 15 is 0 Å².